The number of rotatable bonds is 2. The maximum Gasteiger partial charge on any atom is 0.123 e. The quantitative estimate of drug-likeness (QED) is 0.900. The standard InChI is InChI=1S/C12H16BrFN2.ClH/c13-12-3-2-11(14)8-10(12)9-16-6-1-4-15-5-7-16;/h2-3,8,15H,1,4-7,9H2;1H. The van der Waals surface area contributed by atoms with Crippen LogP contribution in [0.3, 0.4) is 0 Å². The Hall–Kier alpha value is -0.160. The van der Waals surface area contributed by atoms with Gasteiger partial charge >= 0.3 is 0 Å². The van der Waals surface area contributed by atoms with E-state index in [-0.39, 0.29) is 18.2 Å². The Balaban J connectivity index is 0.00000144. The molecular formula is C12H17BrClFN2. The van der Waals surface area contributed by atoms with E-state index in [1.165, 1.54) is 6.07 Å². The minimum Gasteiger partial charge on any atom is -0.315 e. The molecule has 0 atom stereocenters. The summed E-state index contributed by atoms with van der Waals surface area (Å²) in [5.74, 6) is -0.161. The Kier molecular flexibility index (Phi) is 6.41. The van der Waals surface area contributed by atoms with E-state index in [1.54, 1.807) is 12.1 Å². The van der Waals surface area contributed by atoms with E-state index in [9.17, 15) is 4.39 Å². The summed E-state index contributed by atoms with van der Waals surface area (Å²) in [6.07, 6.45) is 1.16. The lowest BCUT2D eigenvalue weighted by Crippen LogP contribution is -2.27. The molecule has 0 aromatic heterocycles. The third kappa shape index (κ3) is 4.54. The molecule has 0 saturated carbocycles. The lowest BCUT2D eigenvalue weighted by atomic mass is 10.2. The molecule has 0 spiro atoms. The summed E-state index contributed by atoms with van der Waals surface area (Å²) in [4.78, 5) is 2.36. The average molecular weight is 324 g/mol. The SMILES string of the molecule is Cl.Fc1ccc(Br)c(CN2CCCNCC2)c1. The maximum absolute atomic E-state index is 13.1. The van der Waals surface area contributed by atoms with E-state index in [0.717, 1.165) is 49.2 Å². The van der Waals surface area contributed by atoms with Crippen LogP contribution in [0.5, 0.6) is 0 Å². The van der Waals surface area contributed by atoms with Crippen molar-refractivity contribution in [1.82, 2.24) is 10.2 Å². The van der Waals surface area contributed by atoms with Crippen molar-refractivity contribution in [2.24, 2.45) is 0 Å². The highest BCUT2D eigenvalue weighted by Gasteiger charge is 2.11. The van der Waals surface area contributed by atoms with E-state index in [0.29, 0.717) is 0 Å². The van der Waals surface area contributed by atoms with Gasteiger partial charge in [0.25, 0.3) is 0 Å². The van der Waals surface area contributed by atoms with E-state index in [4.69, 9.17) is 0 Å². The third-order valence-electron chi connectivity index (χ3n) is 2.83. The highest BCUT2D eigenvalue weighted by Crippen LogP contribution is 2.19. The van der Waals surface area contributed by atoms with Crippen LogP contribution in [0.25, 0.3) is 0 Å². The number of nitrogens with zero attached hydrogens (tertiary/aromatic N) is 1. The normalized spacial score (nSPS) is 17.3. The minimum atomic E-state index is -0.161. The molecule has 5 heteroatoms. The van der Waals surface area contributed by atoms with Crippen LogP contribution in [-0.2, 0) is 6.54 Å². The van der Waals surface area contributed by atoms with Gasteiger partial charge in [-0.15, -0.1) is 12.4 Å². The number of hydrogen-bond donors (Lipinski definition) is 1. The van der Waals surface area contributed by atoms with Gasteiger partial charge in [0, 0.05) is 24.1 Å². The molecule has 0 bridgehead atoms. The molecule has 0 aliphatic carbocycles. The lowest BCUT2D eigenvalue weighted by molar-refractivity contribution is 0.283. The molecule has 96 valence electrons. The summed E-state index contributed by atoms with van der Waals surface area (Å²) in [6, 6.07) is 4.88. The zero-order valence-corrected chi connectivity index (χ0v) is 12.0. The number of halogens is 3. The molecule has 1 aromatic carbocycles. The van der Waals surface area contributed by atoms with Crippen LogP contribution in [0.4, 0.5) is 4.39 Å². The van der Waals surface area contributed by atoms with Crippen molar-refractivity contribution >= 4 is 28.3 Å². The lowest BCUT2D eigenvalue weighted by Gasteiger charge is -2.20. The van der Waals surface area contributed by atoms with Crippen molar-refractivity contribution in [3.63, 3.8) is 0 Å². The first-order valence-electron chi connectivity index (χ1n) is 5.63. The smallest absolute Gasteiger partial charge is 0.123 e. The molecule has 1 aromatic rings. The summed E-state index contributed by atoms with van der Waals surface area (Å²) in [6.45, 7) is 5.03. The molecule has 0 unspecified atom stereocenters. The van der Waals surface area contributed by atoms with Crippen LogP contribution in [0.15, 0.2) is 22.7 Å². The summed E-state index contributed by atoms with van der Waals surface area (Å²) in [5.41, 5.74) is 1.03. The summed E-state index contributed by atoms with van der Waals surface area (Å²) >= 11 is 3.47. The zero-order valence-electron chi connectivity index (χ0n) is 9.59. The Morgan fingerprint density at radius 3 is 2.94 bits per heavy atom. The summed E-state index contributed by atoms with van der Waals surface area (Å²) in [7, 11) is 0. The first-order chi connectivity index (χ1) is 7.75. The second kappa shape index (κ2) is 7.31. The molecule has 1 fully saturated rings. The largest absolute Gasteiger partial charge is 0.315 e. The fourth-order valence-corrected chi connectivity index (χ4v) is 2.34. The topological polar surface area (TPSA) is 15.3 Å². The molecule has 2 rings (SSSR count). The Bertz CT molecular complexity index is 354. The van der Waals surface area contributed by atoms with Crippen molar-refractivity contribution in [2.75, 3.05) is 26.2 Å². The van der Waals surface area contributed by atoms with Crippen molar-refractivity contribution in [2.45, 2.75) is 13.0 Å². The van der Waals surface area contributed by atoms with Crippen LogP contribution < -0.4 is 5.32 Å². The van der Waals surface area contributed by atoms with Gasteiger partial charge in [0.2, 0.25) is 0 Å². The third-order valence-corrected chi connectivity index (χ3v) is 3.61. The van der Waals surface area contributed by atoms with Gasteiger partial charge < -0.3 is 5.32 Å². The minimum absolute atomic E-state index is 0. The molecule has 0 amide bonds. The highest BCUT2D eigenvalue weighted by molar-refractivity contribution is 9.10. The fraction of sp³-hybridized carbons (Fsp3) is 0.500. The summed E-state index contributed by atoms with van der Waals surface area (Å²) < 4.78 is 14.1. The molecule has 17 heavy (non-hydrogen) atoms. The Morgan fingerprint density at radius 2 is 2.12 bits per heavy atom. The second-order valence-corrected chi connectivity index (χ2v) is 4.97. The Labute approximate surface area is 116 Å². The van der Waals surface area contributed by atoms with Crippen LogP contribution >= 0.6 is 28.3 Å². The number of hydrogen-bond acceptors (Lipinski definition) is 2. The first kappa shape index (κ1) is 14.9. The van der Waals surface area contributed by atoms with Gasteiger partial charge in [-0.25, -0.2) is 4.39 Å². The molecule has 1 heterocycles. The molecule has 1 N–H and O–H groups in total. The average Bonchev–Trinajstić information content (AvgIpc) is 2.52. The van der Waals surface area contributed by atoms with E-state index in [2.05, 4.69) is 26.1 Å². The van der Waals surface area contributed by atoms with Crippen LogP contribution in [0.2, 0.25) is 0 Å². The van der Waals surface area contributed by atoms with Crippen molar-refractivity contribution in [3.05, 3.63) is 34.1 Å². The fourth-order valence-electron chi connectivity index (χ4n) is 1.97. The van der Waals surface area contributed by atoms with Crippen molar-refractivity contribution in [1.29, 1.82) is 0 Å². The Morgan fingerprint density at radius 1 is 1.29 bits per heavy atom. The second-order valence-electron chi connectivity index (χ2n) is 4.12. The number of nitrogens with one attached hydrogen (secondary N) is 1. The summed E-state index contributed by atoms with van der Waals surface area (Å²) in [5, 5.41) is 3.36. The van der Waals surface area contributed by atoms with Gasteiger partial charge in [0.1, 0.15) is 5.82 Å². The van der Waals surface area contributed by atoms with Crippen LogP contribution in [0.1, 0.15) is 12.0 Å². The maximum atomic E-state index is 13.1. The molecule has 2 nitrogen and oxygen atoms in total. The number of benzene rings is 1. The highest BCUT2D eigenvalue weighted by atomic mass is 79.9. The predicted octanol–water partition coefficient (Wildman–Crippen LogP) is 2.81. The van der Waals surface area contributed by atoms with E-state index < -0.39 is 0 Å². The zero-order chi connectivity index (χ0) is 11.4. The van der Waals surface area contributed by atoms with Gasteiger partial charge in [-0.05, 0) is 43.3 Å². The van der Waals surface area contributed by atoms with E-state index in [1.807, 2.05) is 0 Å². The van der Waals surface area contributed by atoms with Crippen LogP contribution in [0, 0.1) is 5.82 Å². The van der Waals surface area contributed by atoms with Crippen molar-refractivity contribution < 1.29 is 4.39 Å². The first-order valence-corrected chi connectivity index (χ1v) is 6.42. The molecule has 1 aliphatic rings. The van der Waals surface area contributed by atoms with Gasteiger partial charge in [-0.1, -0.05) is 15.9 Å². The van der Waals surface area contributed by atoms with Crippen molar-refractivity contribution in [3.8, 4) is 0 Å². The van der Waals surface area contributed by atoms with Gasteiger partial charge in [0.15, 0.2) is 0 Å². The van der Waals surface area contributed by atoms with Crippen LogP contribution in [-0.4, -0.2) is 31.1 Å². The monoisotopic (exact) mass is 322 g/mol. The van der Waals surface area contributed by atoms with E-state index >= 15 is 0 Å². The molecule has 1 aliphatic heterocycles. The molecular weight excluding hydrogens is 307 g/mol. The van der Waals surface area contributed by atoms with Gasteiger partial charge in [0.05, 0.1) is 0 Å². The van der Waals surface area contributed by atoms with Gasteiger partial charge in [-0.3, -0.25) is 4.90 Å². The van der Waals surface area contributed by atoms with Gasteiger partial charge in [-0.2, -0.15) is 0 Å². The molecule has 0 radical (unpaired) electrons. The predicted molar refractivity (Wildman–Crippen MR) is 74.1 cm³/mol. The molecule has 1 saturated heterocycles.